The Hall–Kier alpha value is -2.37. The summed E-state index contributed by atoms with van der Waals surface area (Å²) < 4.78 is 1.82. The zero-order valence-corrected chi connectivity index (χ0v) is 12.4. The number of amides is 1. The molecule has 0 atom stereocenters. The minimum absolute atomic E-state index is 0.187. The number of carboxylic acids is 1. The molecule has 2 aromatic heterocycles. The maximum atomic E-state index is 12.5. The van der Waals surface area contributed by atoms with Crippen molar-refractivity contribution in [2.24, 2.45) is 5.92 Å². The lowest BCUT2D eigenvalue weighted by Gasteiger charge is -2.21. The van der Waals surface area contributed by atoms with Crippen molar-refractivity contribution in [3.63, 3.8) is 0 Å². The molecule has 2 heterocycles. The monoisotopic (exact) mass is 289 g/mol. The van der Waals surface area contributed by atoms with Crippen LogP contribution in [-0.2, 0) is 4.79 Å². The van der Waals surface area contributed by atoms with Crippen LogP contribution in [0.1, 0.15) is 30.0 Å². The summed E-state index contributed by atoms with van der Waals surface area (Å²) in [5.41, 5.74) is 1.91. The minimum atomic E-state index is -1.02. The smallest absolute Gasteiger partial charge is 0.323 e. The van der Waals surface area contributed by atoms with E-state index in [9.17, 15) is 9.59 Å². The number of imidazole rings is 1. The molecule has 112 valence electrons. The fourth-order valence-electron chi connectivity index (χ4n) is 2.24. The Labute approximate surface area is 123 Å². The number of carboxylic acid groups (broad SMARTS) is 1. The molecule has 1 amide bonds. The lowest BCUT2D eigenvalue weighted by Crippen LogP contribution is -2.38. The fraction of sp³-hybridized carbons (Fsp3) is 0.400. The lowest BCUT2D eigenvalue weighted by molar-refractivity contribution is -0.137. The summed E-state index contributed by atoms with van der Waals surface area (Å²) in [6.45, 7) is 5.87. The van der Waals surface area contributed by atoms with E-state index < -0.39 is 5.97 Å². The van der Waals surface area contributed by atoms with Gasteiger partial charge in [0.2, 0.25) is 0 Å². The van der Waals surface area contributed by atoms with E-state index in [0.717, 1.165) is 5.69 Å². The van der Waals surface area contributed by atoms with Gasteiger partial charge in [0.15, 0.2) is 0 Å². The molecule has 2 aromatic rings. The summed E-state index contributed by atoms with van der Waals surface area (Å²) in [6.07, 6.45) is 1.65. The van der Waals surface area contributed by atoms with Crippen LogP contribution in [-0.4, -0.2) is 44.4 Å². The van der Waals surface area contributed by atoms with E-state index in [0.29, 0.717) is 12.2 Å². The zero-order chi connectivity index (χ0) is 15.6. The van der Waals surface area contributed by atoms with Gasteiger partial charge in [-0.25, -0.2) is 4.98 Å². The predicted molar refractivity (Wildman–Crippen MR) is 78.3 cm³/mol. The molecule has 21 heavy (non-hydrogen) atoms. The SMILES string of the molecule is Cc1cccc2nc(C(=O)N(CC(=O)O)CC(C)C)cn12. The third-order valence-corrected chi connectivity index (χ3v) is 3.11. The minimum Gasteiger partial charge on any atom is -0.480 e. The quantitative estimate of drug-likeness (QED) is 0.911. The molecule has 0 saturated carbocycles. The molecule has 0 aliphatic heterocycles. The van der Waals surface area contributed by atoms with Crippen LogP contribution < -0.4 is 0 Å². The van der Waals surface area contributed by atoms with Gasteiger partial charge in [0.1, 0.15) is 17.9 Å². The van der Waals surface area contributed by atoms with Crippen molar-refractivity contribution in [3.8, 4) is 0 Å². The second kappa shape index (κ2) is 5.95. The summed E-state index contributed by atoms with van der Waals surface area (Å²) in [5, 5.41) is 8.96. The van der Waals surface area contributed by atoms with Crippen LogP contribution in [0, 0.1) is 12.8 Å². The summed E-state index contributed by atoms with van der Waals surface area (Å²) in [4.78, 5) is 29.0. The number of hydrogen-bond acceptors (Lipinski definition) is 3. The van der Waals surface area contributed by atoms with Gasteiger partial charge in [0, 0.05) is 18.4 Å². The average molecular weight is 289 g/mol. The highest BCUT2D eigenvalue weighted by Crippen LogP contribution is 2.11. The van der Waals surface area contributed by atoms with E-state index in [4.69, 9.17) is 5.11 Å². The van der Waals surface area contributed by atoms with Gasteiger partial charge < -0.3 is 14.4 Å². The van der Waals surface area contributed by atoms with E-state index in [-0.39, 0.29) is 24.1 Å². The van der Waals surface area contributed by atoms with Crippen molar-refractivity contribution in [3.05, 3.63) is 35.8 Å². The van der Waals surface area contributed by atoms with Crippen LogP contribution in [0.3, 0.4) is 0 Å². The number of nitrogens with zero attached hydrogens (tertiary/aromatic N) is 3. The molecule has 6 heteroatoms. The largest absolute Gasteiger partial charge is 0.480 e. The number of pyridine rings is 1. The van der Waals surface area contributed by atoms with Gasteiger partial charge in [0.25, 0.3) is 5.91 Å². The summed E-state index contributed by atoms with van der Waals surface area (Å²) in [5.74, 6) is -1.19. The Balaban J connectivity index is 2.33. The molecule has 0 aliphatic carbocycles. The molecule has 0 unspecified atom stereocenters. The van der Waals surface area contributed by atoms with Crippen molar-refractivity contribution in [1.29, 1.82) is 0 Å². The third kappa shape index (κ3) is 3.39. The highest BCUT2D eigenvalue weighted by Gasteiger charge is 2.22. The zero-order valence-electron chi connectivity index (χ0n) is 12.4. The predicted octanol–water partition coefficient (Wildman–Crippen LogP) is 1.83. The number of carbonyl (C=O) groups excluding carboxylic acids is 1. The molecular weight excluding hydrogens is 270 g/mol. The molecular formula is C15H19N3O3. The Kier molecular flexibility index (Phi) is 4.26. The van der Waals surface area contributed by atoms with E-state index in [1.807, 2.05) is 43.4 Å². The van der Waals surface area contributed by atoms with Gasteiger partial charge in [-0.05, 0) is 25.0 Å². The number of aryl methyl sites for hydroxylation is 1. The molecule has 0 fully saturated rings. The average Bonchev–Trinajstić information content (AvgIpc) is 2.81. The topological polar surface area (TPSA) is 74.9 Å². The second-order valence-electron chi connectivity index (χ2n) is 5.49. The Bertz CT molecular complexity index is 676. The normalized spacial score (nSPS) is 11.0. The van der Waals surface area contributed by atoms with Crippen molar-refractivity contribution < 1.29 is 14.7 Å². The van der Waals surface area contributed by atoms with Crippen LogP contribution >= 0.6 is 0 Å². The Morgan fingerprint density at radius 2 is 2.10 bits per heavy atom. The van der Waals surface area contributed by atoms with Crippen molar-refractivity contribution in [1.82, 2.24) is 14.3 Å². The number of rotatable bonds is 5. The summed E-state index contributed by atoms with van der Waals surface area (Å²) >= 11 is 0. The Morgan fingerprint density at radius 3 is 2.67 bits per heavy atom. The van der Waals surface area contributed by atoms with Crippen LogP contribution in [0.15, 0.2) is 24.4 Å². The van der Waals surface area contributed by atoms with Crippen molar-refractivity contribution >= 4 is 17.5 Å². The third-order valence-electron chi connectivity index (χ3n) is 3.11. The molecule has 0 spiro atoms. The molecule has 6 nitrogen and oxygen atoms in total. The van der Waals surface area contributed by atoms with Crippen molar-refractivity contribution in [2.45, 2.75) is 20.8 Å². The van der Waals surface area contributed by atoms with Gasteiger partial charge in [-0.15, -0.1) is 0 Å². The first kappa shape index (κ1) is 15.0. The van der Waals surface area contributed by atoms with Crippen LogP contribution in [0.25, 0.3) is 5.65 Å². The molecule has 0 radical (unpaired) electrons. The maximum absolute atomic E-state index is 12.5. The van der Waals surface area contributed by atoms with Gasteiger partial charge in [0.05, 0.1) is 0 Å². The van der Waals surface area contributed by atoms with E-state index in [2.05, 4.69) is 4.98 Å². The second-order valence-corrected chi connectivity index (χ2v) is 5.49. The number of aliphatic carboxylic acids is 1. The molecule has 0 bridgehead atoms. The van der Waals surface area contributed by atoms with Crippen LogP contribution in [0.4, 0.5) is 0 Å². The maximum Gasteiger partial charge on any atom is 0.323 e. The van der Waals surface area contributed by atoms with Gasteiger partial charge in [-0.2, -0.15) is 0 Å². The number of hydrogen-bond donors (Lipinski definition) is 1. The van der Waals surface area contributed by atoms with Gasteiger partial charge >= 0.3 is 5.97 Å². The summed E-state index contributed by atoms with van der Waals surface area (Å²) in [7, 11) is 0. The van der Waals surface area contributed by atoms with Crippen LogP contribution in [0.5, 0.6) is 0 Å². The summed E-state index contributed by atoms with van der Waals surface area (Å²) in [6, 6.07) is 5.61. The standard InChI is InChI=1S/C15H19N3O3/c1-10(2)7-17(9-14(19)20)15(21)12-8-18-11(3)5-4-6-13(18)16-12/h4-6,8,10H,7,9H2,1-3H3,(H,19,20). The molecule has 2 rings (SSSR count). The highest BCUT2D eigenvalue weighted by atomic mass is 16.4. The van der Waals surface area contributed by atoms with E-state index >= 15 is 0 Å². The number of fused-ring (bicyclic) bond motifs is 1. The highest BCUT2D eigenvalue weighted by molar-refractivity contribution is 5.94. The van der Waals surface area contributed by atoms with E-state index in [1.54, 1.807) is 6.20 Å². The van der Waals surface area contributed by atoms with Gasteiger partial charge in [-0.3, -0.25) is 9.59 Å². The molecule has 0 aromatic carbocycles. The van der Waals surface area contributed by atoms with E-state index in [1.165, 1.54) is 4.90 Å². The molecule has 1 N–H and O–H groups in total. The number of carbonyl (C=O) groups is 2. The van der Waals surface area contributed by atoms with Gasteiger partial charge in [-0.1, -0.05) is 19.9 Å². The number of aromatic nitrogens is 2. The fourth-order valence-corrected chi connectivity index (χ4v) is 2.24. The lowest BCUT2D eigenvalue weighted by atomic mass is 10.2. The first-order chi connectivity index (χ1) is 9.88. The Morgan fingerprint density at radius 1 is 1.38 bits per heavy atom. The van der Waals surface area contributed by atoms with Crippen molar-refractivity contribution in [2.75, 3.05) is 13.1 Å². The first-order valence-electron chi connectivity index (χ1n) is 6.84. The molecule has 0 saturated heterocycles. The first-order valence-corrected chi connectivity index (χ1v) is 6.84. The van der Waals surface area contributed by atoms with Crippen LogP contribution in [0.2, 0.25) is 0 Å². The molecule has 0 aliphatic rings.